The molecule has 1 rings (SSSR count). The zero-order chi connectivity index (χ0) is 18.7. The molecule has 0 saturated carbocycles. The predicted octanol–water partition coefficient (Wildman–Crippen LogP) is 0.890. The molecule has 10 heteroatoms. The third-order valence-corrected chi connectivity index (χ3v) is 5.98. The molecule has 0 aromatic carbocycles. The molecule has 0 aliphatic rings. The highest BCUT2D eigenvalue weighted by atomic mass is 32.2. The summed E-state index contributed by atoms with van der Waals surface area (Å²) in [5, 5.41) is 3.87. The van der Waals surface area contributed by atoms with E-state index in [4.69, 9.17) is 0 Å². The van der Waals surface area contributed by atoms with Crippen LogP contribution in [0.2, 0.25) is 0 Å². The van der Waals surface area contributed by atoms with Gasteiger partial charge in [0.25, 0.3) is 15.9 Å². The van der Waals surface area contributed by atoms with E-state index in [0.29, 0.717) is 0 Å². The van der Waals surface area contributed by atoms with Crippen LogP contribution >= 0.6 is 11.3 Å². The van der Waals surface area contributed by atoms with E-state index in [1.807, 2.05) is 4.72 Å². The van der Waals surface area contributed by atoms with E-state index < -0.39 is 33.3 Å². The van der Waals surface area contributed by atoms with Crippen molar-refractivity contribution in [3.8, 4) is 0 Å². The summed E-state index contributed by atoms with van der Waals surface area (Å²) in [4.78, 5) is 35.0. The van der Waals surface area contributed by atoms with Crippen molar-refractivity contribution in [2.24, 2.45) is 5.92 Å². The summed E-state index contributed by atoms with van der Waals surface area (Å²) in [7, 11) is -3.17. The number of ether oxygens (including phenoxy) is 1. The van der Waals surface area contributed by atoms with Gasteiger partial charge in [-0.05, 0) is 24.3 Å². The predicted molar refractivity (Wildman–Crippen MR) is 88.0 cm³/mol. The van der Waals surface area contributed by atoms with Crippen LogP contribution in [0, 0.1) is 5.92 Å². The summed E-state index contributed by atoms with van der Waals surface area (Å²) in [5.41, 5.74) is -1.43. The van der Waals surface area contributed by atoms with Crippen LogP contribution in [0.5, 0.6) is 0 Å². The largest absolute Gasteiger partial charge is 0.465 e. The number of hydrogen-bond donors (Lipinski definition) is 2. The Kier molecular flexibility index (Phi) is 6.12. The van der Waals surface area contributed by atoms with Crippen molar-refractivity contribution >= 4 is 39.1 Å². The van der Waals surface area contributed by atoms with E-state index in [0.717, 1.165) is 18.4 Å². The van der Waals surface area contributed by atoms with Gasteiger partial charge in [-0.15, -0.1) is 11.3 Å². The van der Waals surface area contributed by atoms with Gasteiger partial charge in [0, 0.05) is 6.92 Å². The number of esters is 1. The summed E-state index contributed by atoms with van der Waals surface area (Å²) < 4.78 is 31.4. The summed E-state index contributed by atoms with van der Waals surface area (Å²) in [6, 6.07) is 1.21. The van der Waals surface area contributed by atoms with Gasteiger partial charge in [0.2, 0.25) is 5.91 Å². The minimum atomic E-state index is -4.30. The summed E-state index contributed by atoms with van der Waals surface area (Å²) in [6.07, 6.45) is 0. The zero-order valence-corrected chi connectivity index (χ0v) is 15.6. The maximum Gasteiger partial charge on any atom is 0.349 e. The van der Waals surface area contributed by atoms with E-state index in [1.165, 1.54) is 25.3 Å². The van der Waals surface area contributed by atoms with Crippen LogP contribution in [-0.4, -0.2) is 38.9 Å². The lowest BCUT2D eigenvalue weighted by molar-refractivity contribution is -0.132. The molecule has 1 aromatic heterocycles. The molecule has 2 N–H and O–H groups in total. The first-order valence-electron chi connectivity index (χ1n) is 6.97. The SMILES string of the molecule is COC(=O)c1sccc1S(=O)(=O)NC(=O)C(C)(NC(C)=O)C(C)C. The van der Waals surface area contributed by atoms with Crippen molar-refractivity contribution in [1.29, 1.82) is 0 Å². The molecule has 0 spiro atoms. The molecule has 0 radical (unpaired) electrons. The number of thiophene rings is 1. The van der Waals surface area contributed by atoms with E-state index >= 15 is 0 Å². The first-order valence-corrected chi connectivity index (χ1v) is 9.33. The van der Waals surface area contributed by atoms with Crippen LogP contribution < -0.4 is 10.0 Å². The number of hydrogen-bond acceptors (Lipinski definition) is 7. The molecule has 0 saturated heterocycles. The van der Waals surface area contributed by atoms with Gasteiger partial charge in [0.05, 0.1) is 7.11 Å². The maximum absolute atomic E-state index is 12.5. The highest BCUT2D eigenvalue weighted by Crippen LogP contribution is 2.24. The lowest BCUT2D eigenvalue weighted by Crippen LogP contribution is -2.60. The second-order valence-corrected chi connectivity index (χ2v) is 8.15. The van der Waals surface area contributed by atoms with Gasteiger partial charge in [-0.25, -0.2) is 17.9 Å². The molecule has 1 aromatic rings. The molecule has 0 fully saturated rings. The quantitative estimate of drug-likeness (QED) is 0.712. The van der Waals surface area contributed by atoms with Crippen molar-refractivity contribution in [1.82, 2.24) is 10.0 Å². The van der Waals surface area contributed by atoms with E-state index in [-0.39, 0.29) is 15.7 Å². The number of sulfonamides is 1. The summed E-state index contributed by atoms with van der Waals surface area (Å²) in [6.45, 7) is 6.01. The van der Waals surface area contributed by atoms with Crippen LogP contribution in [0.15, 0.2) is 16.3 Å². The molecule has 8 nitrogen and oxygen atoms in total. The van der Waals surface area contributed by atoms with Crippen molar-refractivity contribution < 1.29 is 27.5 Å². The molecule has 24 heavy (non-hydrogen) atoms. The fraction of sp³-hybridized carbons (Fsp3) is 0.500. The van der Waals surface area contributed by atoms with Crippen molar-refractivity contribution in [3.05, 3.63) is 16.3 Å². The summed E-state index contributed by atoms with van der Waals surface area (Å²) in [5.74, 6) is -2.55. The van der Waals surface area contributed by atoms with Gasteiger partial charge < -0.3 is 10.1 Å². The van der Waals surface area contributed by atoms with Gasteiger partial charge >= 0.3 is 5.97 Å². The highest BCUT2D eigenvalue weighted by Gasteiger charge is 2.40. The van der Waals surface area contributed by atoms with Crippen molar-refractivity contribution in [3.63, 3.8) is 0 Å². The lowest BCUT2D eigenvalue weighted by Gasteiger charge is -2.32. The van der Waals surface area contributed by atoms with Crippen molar-refractivity contribution in [2.45, 2.75) is 38.1 Å². The van der Waals surface area contributed by atoms with E-state index in [1.54, 1.807) is 13.8 Å². The monoisotopic (exact) mass is 376 g/mol. The molecule has 2 amide bonds. The highest BCUT2D eigenvalue weighted by molar-refractivity contribution is 7.90. The maximum atomic E-state index is 12.5. The Morgan fingerprint density at radius 2 is 1.88 bits per heavy atom. The Morgan fingerprint density at radius 1 is 1.29 bits per heavy atom. The number of nitrogens with one attached hydrogen (secondary N) is 2. The van der Waals surface area contributed by atoms with Gasteiger partial charge in [-0.3, -0.25) is 9.59 Å². The fourth-order valence-corrected chi connectivity index (χ4v) is 4.27. The smallest absolute Gasteiger partial charge is 0.349 e. The molecule has 134 valence electrons. The van der Waals surface area contributed by atoms with Gasteiger partial charge in [-0.1, -0.05) is 13.8 Å². The minimum Gasteiger partial charge on any atom is -0.465 e. The van der Waals surface area contributed by atoms with Gasteiger partial charge in [-0.2, -0.15) is 0 Å². The fourth-order valence-electron chi connectivity index (χ4n) is 1.86. The van der Waals surface area contributed by atoms with Gasteiger partial charge in [0.1, 0.15) is 15.3 Å². The Morgan fingerprint density at radius 3 is 2.33 bits per heavy atom. The first kappa shape index (κ1) is 20.1. The lowest BCUT2D eigenvalue weighted by atomic mass is 9.87. The van der Waals surface area contributed by atoms with Crippen LogP contribution in [0.25, 0.3) is 0 Å². The molecular weight excluding hydrogens is 356 g/mol. The second kappa shape index (κ2) is 7.31. The molecular formula is C14H20N2O6S2. The zero-order valence-electron chi connectivity index (χ0n) is 14.0. The Labute approximate surface area is 144 Å². The van der Waals surface area contributed by atoms with Crippen LogP contribution in [0.1, 0.15) is 37.4 Å². The Hall–Kier alpha value is -1.94. The number of methoxy groups -OCH3 is 1. The average molecular weight is 376 g/mol. The third-order valence-electron chi connectivity index (χ3n) is 3.58. The van der Waals surface area contributed by atoms with E-state index in [9.17, 15) is 22.8 Å². The van der Waals surface area contributed by atoms with Crippen LogP contribution in [0.3, 0.4) is 0 Å². The van der Waals surface area contributed by atoms with Crippen molar-refractivity contribution in [2.75, 3.05) is 7.11 Å². The Bertz CT molecular complexity index is 753. The Balaban J connectivity index is 3.19. The third kappa shape index (κ3) is 4.12. The van der Waals surface area contributed by atoms with E-state index in [2.05, 4.69) is 10.1 Å². The molecule has 1 unspecified atom stereocenters. The number of rotatable bonds is 6. The summed E-state index contributed by atoms with van der Waals surface area (Å²) >= 11 is 0.886. The number of carbonyl (C=O) groups excluding carboxylic acids is 3. The second-order valence-electron chi connectivity index (χ2n) is 5.58. The molecule has 0 bridgehead atoms. The normalized spacial score (nSPS) is 13.9. The number of amides is 2. The molecule has 0 aliphatic heterocycles. The minimum absolute atomic E-state index is 0.136. The van der Waals surface area contributed by atoms with Gasteiger partial charge in [0.15, 0.2) is 0 Å². The van der Waals surface area contributed by atoms with Crippen LogP contribution in [0.4, 0.5) is 0 Å². The molecule has 1 heterocycles. The molecule has 1 atom stereocenters. The average Bonchev–Trinajstić information content (AvgIpc) is 2.95. The van der Waals surface area contributed by atoms with Crippen LogP contribution in [-0.2, 0) is 24.3 Å². The standard InChI is InChI=1S/C14H20N2O6S2/c1-8(2)14(4,15-9(3)17)13(19)16-24(20,21)10-6-7-23-11(10)12(18)22-5/h6-8H,1-5H3,(H,15,17)(H,16,19). The number of carbonyl (C=O) groups is 3. The molecule has 0 aliphatic carbocycles. The topological polar surface area (TPSA) is 119 Å². The first-order chi connectivity index (χ1) is 11.0.